The molecule has 63 heavy (non-hydrogen) atoms. The fraction of sp³-hybridized carbons (Fsp3) is 0.0164. The zero-order chi connectivity index (χ0) is 41.5. The van der Waals surface area contributed by atoms with Crippen LogP contribution in [0, 0.1) is 0 Å². The Kier molecular flexibility index (Phi) is 7.85. The van der Waals surface area contributed by atoms with Gasteiger partial charge in [0.25, 0.3) is 0 Å². The maximum Gasteiger partial charge on any atom is 0.0715 e. The highest BCUT2D eigenvalue weighted by atomic mass is 15.0. The second-order valence-electron chi connectivity index (χ2n) is 16.8. The van der Waals surface area contributed by atoms with Crippen LogP contribution in [-0.4, -0.2) is 9.13 Å². The Bertz CT molecular complexity index is 3350. The molecule has 0 amide bonds. The first-order valence-corrected chi connectivity index (χ1v) is 21.8. The number of rotatable bonds is 6. The van der Waals surface area contributed by atoms with Crippen molar-refractivity contribution in [3.05, 3.63) is 265 Å². The van der Waals surface area contributed by atoms with Gasteiger partial charge in [-0.2, -0.15) is 0 Å². The second kappa shape index (κ2) is 13.9. The van der Waals surface area contributed by atoms with Crippen LogP contribution in [0.3, 0.4) is 0 Å². The van der Waals surface area contributed by atoms with Crippen LogP contribution in [0.4, 0.5) is 0 Å². The highest BCUT2D eigenvalue weighted by molar-refractivity contribution is 6.10. The van der Waals surface area contributed by atoms with E-state index >= 15 is 0 Å². The van der Waals surface area contributed by atoms with Gasteiger partial charge in [0.1, 0.15) is 0 Å². The van der Waals surface area contributed by atoms with Crippen molar-refractivity contribution in [2.75, 3.05) is 0 Å². The summed E-state index contributed by atoms with van der Waals surface area (Å²) >= 11 is 0. The van der Waals surface area contributed by atoms with Crippen LogP contribution in [-0.2, 0) is 5.41 Å². The molecule has 0 saturated carbocycles. The van der Waals surface area contributed by atoms with E-state index in [9.17, 15) is 0 Å². The van der Waals surface area contributed by atoms with Crippen molar-refractivity contribution in [3.63, 3.8) is 0 Å². The van der Waals surface area contributed by atoms with Crippen molar-refractivity contribution >= 4 is 43.6 Å². The summed E-state index contributed by atoms with van der Waals surface area (Å²) < 4.78 is 4.92. The van der Waals surface area contributed by atoms with E-state index in [-0.39, 0.29) is 0 Å². The summed E-state index contributed by atoms with van der Waals surface area (Å²) in [5, 5.41) is 5.03. The number of hydrogen-bond acceptors (Lipinski definition) is 0. The Hall–Kier alpha value is -8.20. The van der Waals surface area contributed by atoms with Gasteiger partial charge in [-0.15, -0.1) is 0 Å². The maximum atomic E-state index is 2.49. The molecule has 12 aromatic rings. The smallest absolute Gasteiger partial charge is 0.0715 e. The van der Waals surface area contributed by atoms with E-state index in [0.717, 1.165) is 11.4 Å². The lowest BCUT2D eigenvalue weighted by Gasteiger charge is -2.35. The van der Waals surface area contributed by atoms with E-state index in [0.29, 0.717) is 0 Å². The number of benzene rings is 10. The Morgan fingerprint density at radius 2 is 0.556 bits per heavy atom. The Morgan fingerprint density at radius 1 is 0.254 bits per heavy atom. The number of nitrogens with zero attached hydrogens (tertiary/aromatic N) is 2. The van der Waals surface area contributed by atoms with Crippen LogP contribution in [0.15, 0.2) is 243 Å². The molecule has 294 valence electrons. The summed E-state index contributed by atoms with van der Waals surface area (Å²) in [5.41, 5.74) is 18.8. The summed E-state index contributed by atoms with van der Waals surface area (Å²) in [6.45, 7) is 0. The minimum absolute atomic E-state index is 0.668. The Balaban J connectivity index is 1.13. The molecule has 0 unspecified atom stereocenters. The number of para-hydroxylation sites is 4. The third kappa shape index (κ3) is 5.25. The Labute approximate surface area is 366 Å². The maximum absolute atomic E-state index is 2.49. The van der Waals surface area contributed by atoms with Gasteiger partial charge in [0, 0.05) is 32.9 Å². The Morgan fingerprint density at radius 3 is 0.905 bits per heavy atom. The number of hydrogen-bond donors (Lipinski definition) is 0. The fourth-order valence-electron chi connectivity index (χ4n) is 10.9. The van der Waals surface area contributed by atoms with Crippen LogP contribution >= 0.6 is 0 Å². The van der Waals surface area contributed by atoms with Crippen molar-refractivity contribution in [2.45, 2.75) is 5.41 Å². The molecular formula is C61H40N2. The van der Waals surface area contributed by atoms with Crippen LogP contribution in [0.25, 0.3) is 88.4 Å². The van der Waals surface area contributed by atoms with E-state index < -0.39 is 5.41 Å². The predicted octanol–water partition coefficient (Wildman–Crippen LogP) is 15.6. The monoisotopic (exact) mass is 800 g/mol. The van der Waals surface area contributed by atoms with Gasteiger partial charge in [-0.25, -0.2) is 0 Å². The molecular weight excluding hydrogens is 761 g/mol. The highest BCUT2D eigenvalue weighted by Gasteiger charge is 2.47. The highest BCUT2D eigenvalue weighted by Crippen LogP contribution is 2.57. The van der Waals surface area contributed by atoms with Crippen molar-refractivity contribution in [3.8, 4) is 44.8 Å². The SMILES string of the molecule is c1ccc(-c2ccc(C3(c4ccc(-c5ccccc5)cc4)c4cc(-n5c6ccccc6c6ccccc65)ccc4-c4ccc(-n5c6ccccc6c6ccccc65)cc43)cc2)cc1. The molecule has 1 aliphatic rings. The molecule has 2 heterocycles. The van der Waals surface area contributed by atoms with Crippen LogP contribution in [0.1, 0.15) is 22.3 Å². The van der Waals surface area contributed by atoms with Gasteiger partial charge < -0.3 is 9.13 Å². The molecule has 0 radical (unpaired) electrons. The van der Waals surface area contributed by atoms with Gasteiger partial charge in [0.15, 0.2) is 0 Å². The predicted molar refractivity (Wildman–Crippen MR) is 263 cm³/mol. The number of fused-ring (bicyclic) bond motifs is 9. The number of aromatic nitrogens is 2. The molecule has 2 nitrogen and oxygen atoms in total. The lowest BCUT2D eigenvalue weighted by Crippen LogP contribution is -2.29. The quantitative estimate of drug-likeness (QED) is 0.159. The van der Waals surface area contributed by atoms with Gasteiger partial charge >= 0.3 is 0 Å². The molecule has 0 bridgehead atoms. The molecule has 0 saturated heterocycles. The van der Waals surface area contributed by atoms with E-state index in [4.69, 9.17) is 0 Å². The third-order valence-corrected chi connectivity index (χ3v) is 13.6. The summed E-state index contributed by atoms with van der Waals surface area (Å²) in [6, 6.07) is 89.9. The summed E-state index contributed by atoms with van der Waals surface area (Å²) in [4.78, 5) is 0. The van der Waals surface area contributed by atoms with E-state index in [1.807, 2.05) is 0 Å². The van der Waals surface area contributed by atoms with E-state index in [2.05, 4.69) is 252 Å². The molecule has 0 spiro atoms. The minimum Gasteiger partial charge on any atom is -0.309 e. The molecule has 13 rings (SSSR count). The fourth-order valence-corrected chi connectivity index (χ4v) is 10.9. The average molecular weight is 801 g/mol. The summed E-state index contributed by atoms with van der Waals surface area (Å²) in [6.07, 6.45) is 0. The van der Waals surface area contributed by atoms with Crippen LogP contribution in [0.2, 0.25) is 0 Å². The van der Waals surface area contributed by atoms with Crippen molar-refractivity contribution in [2.24, 2.45) is 0 Å². The van der Waals surface area contributed by atoms with Gasteiger partial charge in [0.05, 0.1) is 27.5 Å². The lowest BCUT2D eigenvalue weighted by atomic mass is 9.67. The third-order valence-electron chi connectivity index (χ3n) is 13.6. The standard InChI is InChI=1S/C61H40N2/c1-3-15-41(16-4-1)43-27-31-45(32-28-43)61(46-33-29-44(30-34-46)42-17-5-2-6-18-42)55-39-47(62-57-23-11-7-19-51(57)52-20-8-12-24-58(52)62)35-37-49(55)50-38-36-48(40-56(50)61)63-59-25-13-9-21-53(59)54-22-10-14-26-60(54)63/h1-40H. The van der Waals surface area contributed by atoms with E-state index in [1.165, 1.54) is 99.2 Å². The van der Waals surface area contributed by atoms with Gasteiger partial charge in [-0.1, -0.05) is 194 Å². The molecule has 2 aromatic heterocycles. The van der Waals surface area contributed by atoms with Crippen LogP contribution < -0.4 is 0 Å². The van der Waals surface area contributed by atoms with Crippen LogP contribution in [0.5, 0.6) is 0 Å². The molecule has 1 aliphatic carbocycles. The van der Waals surface area contributed by atoms with Crippen molar-refractivity contribution < 1.29 is 0 Å². The molecule has 0 N–H and O–H groups in total. The summed E-state index contributed by atoms with van der Waals surface area (Å²) in [7, 11) is 0. The average Bonchev–Trinajstić information content (AvgIpc) is 3.98. The molecule has 2 heteroatoms. The van der Waals surface area contributed by atoms with Gasteiger partial charge in [-0.3, -0.25) is 0 Å². The summed E-state index contributed by atoms with van der Waals surface area (Å²) in [5.74, 6) is 0. The topological polar surface area (TPSA) is 9.86 Å². The first-order valence-electron chi connectivity index (χ1n) is 21.8. The zero-order valence-corrected chi connectivity index (χ0v) is 34.5. The minimum atomic E-state index is -0.668. The largest absolute Gasteiger partial charge is 0.309 e. The molecule has 0 fully saturated rings. The normalized spacial score (nSPS) is 12.9. The zero-order valence-electron chi connectivity index (χ0n) is 34.5. The molecule has 0 aliphatic heterocycles. The second-order valence-corrected chi connectivity index (χ2v) is 16.8. The lowest BCUT2D eigenvalue weighted by molar-refractivity contribution is 0.767. The molecule has 10 aromatic carbocycles. The van der Waals surface area contributed by atoms with Gasteiger partial charge in [0.2, 0.25) is 0 Å². The first kappa shape index (κ1) is 35.5. The van der Waals surface area contributed by atoms with Crippen molar-refractivity contribution in [1.82, 2.24) is 9.13 Å². The van der Waals surface area contributed by atoms with Gasteiger partial charge in [-0.05, 0) is 104 Å². The van der Waals surface area contributed by atoms with E-state index in [1.54, 1.807) is 0 Å². The molecule has 0 atom stereocenters. The van der Waals surface area contributed by atoms with Crippen molar-refractivity contribution in [1.29, 1.82) is 0 Å². The first-order chi connectivity index (χ1) is 31.3.